The predicted octanol–water partition coefficient (Wildman–Crippen LogP) is 1.71. The van der Waals surface area contributed by atoms with Crippen molar-refractivity contribution in [3.05, 3.63) is 0 Å². The van der Waals surface area contributed by atoms with E-state index in [1.807, 2.05) is 0 Å². The fraction of sp³-hybridized carbons (Fsp3) is 0.846. The largest absolute Gasteiger partial charge is 0.468 e. The van der Waals surface area contributed by atoms with Crippen LogP contribution in [0.25, 0.3) is 0 Å². The molecule has 0 unspecified atom stereocenters. The lowest BCUT2D eigenvalue weighted by Crippen LogP contribution is -2.46. The number of carbonyl (C=O) groups excluding carboxylic acids is 2. The minimum Gasteiger partial charge on any atom is -0.468 e. The first-order chi connectivity index (χ1) is 8.13. The normalized spacial score (nSPS) is 34.9. The van der Waals surface area contributed by atoms with Gasteiger partial charge in [-0.3, -0.25) is 9.59 Å². The Hall–Kier alpha value is -0.900. The van der Waals surface area contributed by atoms with E-state index in [9.17, 15) is 9.59 Å². The van der Waals surface area contributed by atoms with E-state index in [-0.39, 0.29) is 18.0 Å². The Bertz CT molecular complexity index is 307. The molecule has 2 fully saturated rings. The molecule has 0 N–H and O–H groups in total. The molecule has 1 heterocycles. The molecule has 0 bridgehead atoms. The van der Waals surface area contributed by atoms with Crippen LogP contribution in [0.4, 0.5) is 0 Å². The zero-order valence-corrected chi connectivity index (χ0v) is 10.5. The van der Waals surface area contributed by atoms with Crippen molar-refractivity contribution in [1.82, 2.24) is 0 Å². The maximum Gasteiger partial charge on any atom is 0.318 e. The number of ether oxygens (including phenoxy) is 2. The van der Waals surface area contributed by atoms with Gasteiger partial charge in [0.25, 0.3) is 0 Å². The molecule has 0 aromatic carbocycles. The van der Waals surface area contributed by atoms with Gasteiger partial charge in [-0.25, -0.2) is 0 Å². The van der Waals surface area contributed by atoms with Gasteiger partial charge in [0.15, 0.2) is 5.78 Å². The van der Waals surface area contributed by atoms with Gasteiger partial charge in [-0.15, -0.1) is 0 Å². The second kappa shape index (κ2) is 5.17. The van der Waals surface area contributed by atoms with Crippen molar-refractivity contribution < 1.29 is 19.1 Å². The Labute approximate surface area is 102 Å². The quantitative estimate of drug-likeness (QED) is 0.544. The Morgan fingerprint density at radius 3 is 2.53 bits per heavy atom. The van der Waals surface area contributed by atoms with E-state index in [0.717, 1.165) is 12.8 Å². The molecule has 1 saturated carbocycles. The van der Waals surface area contributed by atoms with E-state index in [1.54, 1.807) is 6.92 Å². The molecule has 0 spiro atoms. The molecule has 2 rings (SSSR count). The first-order valence-corrected chi connectivity index (χ1v) is 6.39. The molecular weight excluding hydrogens is 220 g/mol. The van der Waals surface area contributed by atoms with E-state index >= 15 is 0 Å². The van der Waals surface area contributed by atoms with Crippen molar-refractivity contribution in [2.24, 2.45) is 11.8 Å². The average molecular weight is 240 g/mol. The molecule has 1 aliphatic heterocycles. The van der Waals surface area contributed by atoms with Crippen LogP contribution in [-0.2, 0) is 19.1 Å². The van der Waals surface area contributed by atoms with Gasteiger partial charge in [-0.05, 0) is 25.7 Å². The lowest BCUT2D eigenvalue weighted by atomic mass is 9.86. The van der Waals surface area contributed by atoms with E-state index in [4.69, 9.17) is 4.74 Å². The van der Waals surface area contributed by atoms with Gasteiger partial charge in [-0.2, -0.15) is 0 Å². The summed E-state index contributed by atoms with van der Waals surface area (Å²) in [5.41, 5.74) is 0. The molecule has 0 radical (unpaired) electrons. The summed E-state index contributed by atoms with van der Waals surface area (Å²) >= 11 is 0. The summed E-state index contributed by atoms with van der Waals surface area (Å²) in [4.78, 5) is 23.5. The number of carbonyl (C=O) groups is 2. The molecule has 17 heavy (non-hydrogen) atoms. The summed E-state index contributed by atoms with van der Waals surface area (Å²) in [6.45, 7) is 1.79. The van der Waals surface area contributed by atoms with E-state index in [2.05, 4.69) is 4.74 Å². The summed E-state index contributed by atoms with van der Waals surface area (Å²) in [7, 11) is 1.31. The average Bonchev–Trinajstić information content (AvgIpc) is 2.81. The van der Waals surface area contributed by atoms with Crippen LogP contribution in [0.5, 0.6) is 0 Å². The minimum atomic E-state index is -0.724. The third kappa shape index (κ3) is 2.51. The van der Waals surface area contributed by atoms with E-state index < -0.39 is 11.9 Å². The van der Waals surface area contributed by atoms with Crippen LogP contribution in [0.3, 0.4) is 0 Å². The molecule has 1 aliphatic carbocycles. The Morgan fingerprint density at radius 2 is 2.00 bits per heavy atom. The summed E-state index contributed by atoms with van der Waals surface area (Å²) in [5, 5.41) is 0. The fourth-order valence-electron chi connectivity index (χ4n) is 3.05. The molecule has 2 aliphatic rings. The standard InChI is InChI=1S/C13H20O4/c1-8-12(13(15)16-2)10(14)7-11(17-8)9-5-3-4-6-9/h8-9,11-12H,3-7H2,1-2H3/t8-,11-,12-/m0/s1. The number of hydrogen-bond donors (Lipinski definition) is 0. The van der Waals surface area contributed by atoms with Crippen LogP contribution < -0.4 is 0 Å². The number of ketones is 1. The third-order valence-electron chi connectivity index (χ3n) is 3.99. The first kappa shape index (κ1) is 12.6. The number of esters is 1. The Kier molecular flexibility index (Phi) is 3.82. The highest BCUT2D eigenvalue weighted by Gasteiger charge is 2.43. The molecular formula is C13H20O4. The number of Topliss-reactive ketones (excluding diaryl/α,β-unsaturated/α-hetero) is 1. The lowest BCUT2D eigenvalue weighted by molar-refractivity contribution is -0.168. The van der Waals surface area contributed by atoms with Gasteiger partial charge >= 0.3 is 5.97 Å². The van der Waals surface area contributed by atoms with Gasteiger partial charge < -0.3 is 9.47 Å². The number of hydrogen-bond acceptors (Lipinski definition) is 4. The molecule has 96 valence electrons. The van der Waals surface area contributed by atoms with Gasteiger partial charge in [0.2, 0.25) is 0 Å². The van der Waals surface area contributed by atoms with E-state index in [1.165, 1.54) is 20.0 Å². The van der Waals surface area contributed by atoms with Crippen molar-refractivity contribution >= 4 is 11.8 Å². The molecule has 0 aromatic heterocycles. The smallest absolute Gasteiger partial charge is 0.318 e. The topological polar surface area (TPSA) is 52.6 Å². The summed E-state index contributed by atoms with van der Waals surface area (Å²) in [6, 6.07) is 0. The summed E-state index contributed by atoms with van der Waals surface area (Å²) in [5.74, 6) is -0.711. The van der Waals surface area contributed by atoms with Crippen molar-refractivity contribution in [3.63, 3.8) is 0 Å². The van der Waals surface area contributed by atoms with Crippen molar-refractivity contribution in [3.8, 4) is 0 Å². The highest BCUT2D eigenvalue weighted by atomic mass is 16.5. The first-order valence-electron chi connectivity index (χ1n) is 6.39. The zero-order chi connectivity index (χ0) is 12.4. The monoisotopic (exact) mass is 240 g/mol. The second-order valence-electron chi connectivity index (χ2n) is 5.10. The van der Waals surface area contributed by atoms with Gasteiger partial charge in [0, 0.05) is 6.42 Å². The van der Waals surface area contributed by atoms with Crippen molar-refractivity contribution in [2.45, 2.75) is 51.2 Å². The lowest BCUT2D eigenvalue weighted by Gasteiger charge is -2.35. The zero-order valence-electron chi connectivity index (χ0n) is 10.5. The van der Waals surface area contributed by atoms with Crippen molar-refractivity contribution in [2.75, 3.05) is 7.11 Å². The maximum atomic E-state index is 12.0. The van der Waals surface area contributed by atoms with Gasteiger partial charge in [-0.1, -0.05) is 12.8 Å². The van der Waals surface area contributed by atoms with Crippen molar-refractivity contribution in [1.29, 1.82) is 0 Å². The molecule has 3 atom stereocenters. The molecule has 4 nitrogen and oxygen atoms in total. The van der Waals surface area contributed by atoms with Crippen LogP contribution in [0.2, 0.25) is 0 Å². The summed E-state index contributed by atoms with van der Waals surface area (Å²) in [6.07, 6.45) is 4.78. The highest BCUT2D eigenvalue weighted by Crippen LogP contribution is 2.35. The van der Waals surface area contributed by atoms with E-state index in [0.29, 0.717) is 12.3 Å². The second-order valence-corrected chi connectivity index (χ2v) is 5.10. The number of rotatable bonds is 2. The molecule has 1 saturated heterocycles. The molecule has 4 heteroatoms. The predicted molar refractivity (Wildman–Crippen MR) is 61.4 cm³/mol. The van der Waals surface area contributed by atoms with Crippen LogP contribution in [0, 0.1) is 11.8 Å². The fourth-order valence-corrected chi connectivity index (χ4v) is 3.05. The van der Waals surface area contributed by atoms with Gasteiger partial charge in [0.1, 0.15) is 5.92 Å². The van der Waals surface area contributed by atoms with Crippen LogP contribution in [-0.4, -0.2) is 31.1 Å². The van der Waals surface area contributed by atoms with Crippen LogP contribution in [0.1, 0.15) is 39.0 Å². The SMILES string of the molecule is COC(=O)[C@@H]1C(=O)C[C@@H](C2CCCC2)O[C@H]1C. The van der Waals surface area contributed by atoms with Crippen LogP contribution >= 0.6 is 0 Å². The minimum absolute atomic E-state index is 0.0147. The number of methoxy groups -OCH3 is 1. The third-order valence-corrected chi connectivity index (χ3v) is 3.99. The Balaban J connectivity index is 2.01. The molecule has 0 amide bonds. The molecule has 0 aromatic rings. The van der Waals surface area contributed by atoms with Gasteiger partial charge in [0.05, 0.1) is 19.3 Å². The Morgan fingerprint density at radius 1 is 1.35 bits per heavy atom. The van der Waals surface area contributed by atoms with Crippen LogP contribution in [0.15, 0.2) is 0 Å². The maximum absolute atomic E-state index is 12.0. The summed E-state index contributed by atoms with van der Waals surface area (Å²) < 4.78 is 10.5. The highest BCUT2D eigenvalue weighted by molar-refractivity contribution is 6.00.